The van der Waals surface area contributed by atoms with Crippen LogP contribution in [0.4, 0.5) is 5.82 Å². The van der Waals surface area contributed by atoms with Crippen LogP contribution >= 0.6 is 35.6 Å². The molecule has 0 N–H and O–H groups in total. The number of nitrogens with zero attached hydrogens (tertiary/aromatic N) is 4. The third-order valence-corrected chi connectivity index (χ3v) is 8.82. The van der Waals surface area contributed by atoms with Crippen molar-refractivity contribution in [3.8, 4) is 6.07 Å². The first-order valence-electron chi connectivity index (χ1n) is 13.3. The number of ether oxygens (including phenoxy) is 1. The topological polar surface area (TPSA) is 95.6 Å². The number of thiocarbonyl (C=S) groups is 1. The average Bonchev–Trinajstić information content (AvgIpc) is 3.20. The molecular weight excluding hydrogens is 568 g/mol. The van der Waals surface area contributed by atoms with Crippen molar-refractivity contribution in [3.05, 3.63) is 66.8 Å². The molecule has 0 bridgehead atoms. The van der Waals surface area contributed by atoms with Crippen LogP contribution in [-0.2, 0) is 27.4 Å². The molecule has 40 heavy (non-hydrogen) atoms. The van der Waals surface area contributed by atoms with Crippen molar-refractivity contribution in [1.82, 2.24) is 9.47 Å². The summed E-state index contributed by atoms with van der Waals surface area (Å²) in [4.78, 5) is 43.6. The van der Waals surface area contributed by atoms with E-state index in [1.54, 1.807) is 30.6 Å². The molecule has 2 aromatic rings. The smallest absolute Gasteiger partial charge is 0.310 e. The third kappa shape index (κ3) is 5.97. The normalized spacial score (nSPS) is 18.4. The van der Waals surface area contributed by atoms with Crippen LogP contribution in [0.15, 0.2) is 34.0 Å². The van der Waals surface area contributed by atoms with Gasteiger partial charge in [-0.1, -0.05) is 60.7 Å². The lowest BCUT2D eigenvalue weighted by Gasteiger charge is -2.36. The van der Waals surface area contributed by atoms with Crippen LogP contribution in [0.25, 0.3) is 6.08 Å². The first-order chi connectivity index (χ1) is 19.2. The van der Waals surface area contributed by atoms with Gasteiger partial charge in [0.25, 0.3) is 11.5 Å². The van der Waals surface area contributed by atoms with E-state index < -0.39 is 0 Å². The molecule has 4 rings (SSSR count). The summed E-state index contributed by atoms with van der Waals surface area (Å²) >= 11 is 13.1. The Morgan fingerprint density at radius 2 is 2.05 bits per heavy atom. The van der Waals surface area contributed by atoms with Gasteiger partial charge in [-0.2, -0.15) is 5.26 Å². The van der Waals surface area contributed by atoms with Crippen molar-refractivity contribution in [2.45, 2.75) is 53.1 Å². The number of halogens is 1. The number of rotatable bonds is 8. The van der Waals surface area contributed by atoms with Gasteiger partial charge in [-0.25, -0.2) is 0 Å². The zero-order chi connectivity index (χ0) is 29.0. The summed E-state index contributed by atoms with van der Waals surface area (Å²) in [6.07, 6.45) is 3.83. The Bertz CT molecular complexity index is 1480. The quantitative estimate of drug-likeness (QED) is 0.230. The van der Waals surface area contributed by atoms with E-state index >= 15 is 0 Å². The maximum atomic E-state index is 13.6. The number of piperidine rings is 1. The van der Waals surface area contributed by atoms with E-state index in [9.17, 15) is 19.6 Å². The fraction of sp³-hybridized carbons (Fsp3) is 0.414. The number of thioether (sulfide) groups is 1. The number of carbonyl (C=O) groups is 2. The van der Waals surface area contributed by atoms with Crippen LogP contribution in [0, 0.1) is 24.2 Å². The van der Waals surface area contributed by atoms with E-state index in [0.29, 0.717) is 70.3 Å². The molecular formula is C29H31ClN4O4S2. The highest BCUT2D eigenvalue weighted by atomic mass is 35.5. The summed E-state index contributed by atoms with van der Waals surface area (Å²) in [6, 6.07) is 9.37. The van der Waals surface area contributed by atoms with Gasteiger partial charge in [0.2, 0.25) is 0 Å². The van der Waals surface area contributed by atoms with Gasteiger partial charge in [-0.3, -0.25) is 23.9 Å². The third-order valence-electron chi connectivity index (χ3n) is 7.07. The second kappa shape index (κ2) is 13.0. The molecule has 11 heteroatoms. The van der Waals surface area contributed by atoms with E-state index in [4.69, 9.17) is 28.6 Å². The van der Waals surface area contributed by atoms with Crippen LogP contribution in [0.5, 0.6) is 0 Å². The minimum absolute atomic E-state index is 0.0361. The van der Waals surface area contributed by atoms with Crippen molar-refractivity contribution in [2.75, 3.05) is 24.6 Å². The number of hydrogen-bond donors (Lipinski definition) is 0. The Morgan fingerprint density at radius 1 is 1.30 bits per heavy atom. The molecule has 1 aromatic carbocycles. The highest BCUT2D eigenvalue weighted by molar-refractivity contribution is 8.26. The SMILES string of the molecule is CCCn1c(N2CCCC(C(=O)OCC)C2)c(/C=C2/SC(=S)N(Cc3ccccc3Cl)C2=O)c(C)c(C#N)c1=O. The number of amides is 1. The zero-order valence-electron chi connectivity index (χ0n) is 22.7. The molecule has 0 aliphatic carbocycles. The standard InChI is InChI=1S/C29H31ClN4O4S2/c1-4-12-33-25(32-13-8-10-20(16-32)28(37)38-5-2)21(18(3)22(15-31)26(33)35)14-24-27(36)34(29(39)40-24)17-19-9-6-7-11-23(19)30/h6-7,9,11,14,20H,4-5,8,10,12-13,16-17H2,1-3H3/b24-14+. The molecule has 1 atom stereocenters. The maximum absolute atomic E-state index is 13.6. The van der Waals surface area contributed by atoms with Crippen molar-refractivity contribution in [2.24, 2.45) is 5.92 Å². The molecule has 1 aromatic heterocycles. The molecule has 8 nitrogen and oxygen atoms in total. The van der Waals surface area contributed by atoms with Gasteiger partial charge in [0, 0.05) is 30.2 Å². The fourth-order valence-corrected chi connectivity index (χ4v) is 6.53. The van der Waals surface area contributed by atoms with Crippen LogP contribution in [-0.4, -0.2) is 45.4 Å². The van der Waals surface area contributed by atoms with E-state index in [0.717, 1.165) is 12.0 Å². The Kier molecular flexibility index (Phi) is 9.72. The number of hydrogen-bond acceptors (Lipinski definition) is 8. The lowest BCUT2D eigenvalue weighted by atomic mass is 9.96. The highest BCUT2D eigenvalue weighted by Gasteiger charge is 2.35. The molecule has 2 aliphatic heterocycles. The number of pyridine rings is 1. The predicted octanol–water partition coefficient (Wildman–Crippen LogP) is 5.27. The number of esters is 1. The number of anilines is 1. The molecule has 2 saturated heterocycles. The minimum Gasteiger partial charge on any atom is -0.466 e. The van der Waals surface area contributed by atoms with Gasteiger partial charge >= 0.3 is 5.97 Å². The fourth-order valence-electron chi connectivity index (χ4n) is 5.10. The van der Waals surface area contributed by atoms with Gasteiger partial charge in [0.1, 0.15) is 21.8 Å². The van der Waals surface area contributed by atoms with Crippen LogP contribution in [0.2, 0.25) is 5.02 Å². The molecule has 0 spiro atoms. The first-order valence-corrected chi connectivity index (χ1v) is 14.9. The summed E-state index contributed by atoms with van der Waals surface area (Å²) in [6.45, 7) is 7.38. The van der Waals surface area contributed by atoms with E-state index in [1.807, 2.05) is 30.0 Å². The van der Waals surface area contributed by atoms with Gasteiger partial charge in [-0.15, -0.1) is 0 Å². The monoisotopic (exact) mass is 598 g/mol. The summed E-state index contributed by atoms with van der Waals surface area (Å²) in [5.41, 5.74) is 1.53. The molecule has 3 heterocycles. The molecule has 210 valence electrons. The molecule has 1 amide bonds. The number of benzene rings is 1. The van der Waals surface area contributed by atoms with Crippen LogP contribution in [0.1, 0.15) is 55.4 Å². The summed E-state index contributed by atoms with van der Waals surface area (Å²) in [5, 5.41) is 10.5. The van der Waals surface area contributed by atoms with Crippen molar-refractivity contribution < 1.29 is 14.3 Å². The zero-order valence-corrected chi connectivity index (χ0v) is 25.1. The predicted molar refractivity (Wildman–Crippen MR) is 162 cm³/mol. The Morgan fingerprint density at radius 3 is 2.73 bits per heavy atom. The van der Waals surface area contributed by atoms with E-state index in [2.05, 4.69) is 6.07 Å². The second-order valence-corrected chi connectivity index (χ2v) is 11.8. The number of aromatic nitrogens is 1. The Balaban J connectivity index is 1.82. The van der Waals surface area contributed by atoms with Crippen LogP contribution in [0.3, 0.4) is 0 Å². The maximum Gasteiger partial charge on any atom is 0.310 e. The minimum atomic E-state index is -0.376. The molecule has 0 saturated carbocycles. The Hall–Kier alpha value is -3.13. The number of nitriles is 1. The molecule has 2 aliphatic rings. The van der Waals surface area contributed by atoms with Gasteiger partial charge in [0.05, 0.1) is 24.0 Å². The molecule has 0 radical (unpaired) electrons. The van der Waals surface area contributed by atoms with Crippen molar-refractivity contribution >= 4 is 63.7 Å². The molecule has 1 unspecified atom stereocenters. The van der Waals surface area contributed by atoms with E-state index in [1.165, 1.54) is 16.7 Å². The second-order valence-electron chi connectivity index (χ2n) is 9.70. The highest BCUT2D eigenvalue weighted by Crippen LogP contribution is 2.38. The average molecular weight is 599 g/mol. The largest absolute Gasteiger partial charge is 0.466 e. The van der Waals surface area contributed by atoms with Gasteiger partial charge < -0.3 is 9.64 Å². The summed E-state index contributed by atoms with van der Waals surface area (Å²) < 4.78 is 7.30. The van der Waals surface area contributed by atoms with Gasteiger partial charge in [0.15, 0.2) is 0 Å². The lowest BCUT2D eigenvalue weighted by molar-refractivity contribution is -0.148. The number of carbonyl (C=O) groups excluding carboxylic acids is 2. The van der Waals surface area contributed by atoms with Crippen LogP contribution < -0.4 is 10.5 Å². The first kappa shape index (κ1) is 29.8. The van der Waals surface area contributed by atoms with E-state index in [-0.39, 0.29) is 35.5 Å². The molecule has 2 fully saturated rings. The summed E-state index contributed by atoms with van der Waals surface area (Å²) in [5.74, 6) is -0.260. The van der Waals surface area contributed by atoms with Gasteiger partial charge in [-0.05, 0) is 56.4 Å². The Labute approximate surface area is 248 Å². The van der Waals surface area contributed by atoms with Crippen molar-refractivity contribution in [3.63, 3.8) is 0 Å². The lowest BCUT2D eigenvalue weighted by Crippen LogP contribution is -2.43. The van der Waals surface area contributed by atoms with Crippen molar-refractivity contribution in [1.29, 1.82) is 5.26 Å². The summed E-state index contributed by atoms with van der Waals surface area (Å²) in [7, 11) is 0.